The average Bonchev–Trinajstić information content (AvgIpc) is 2.81. The predicted octanol–water partition coefficient (Wildman–Crippen LogP) is 1.50. The van der Waals surface area contributed by atoms with Gasteiger partial charge in [-0.1, -0.05) is 30.3 Å². The Labute approximate surface area is 117 Å². The number of nitrogens with one attached hydrogen (secondary N) is 1. The fourth-order valence-electron chi connectivity index (χ4n) is 2.77. The zero-order chi connectivity index (χ0) is 14.3. The summed E-state index contributed by atoms with van der Waals surface area (Å²) in [5.41, 5.74) is 2.45. The van der Waals surface area contributed by atoms with Gasteiger partial charge < -0.3 is 10.2 Å². The number of urea groups is 1. The molecule has 1 aromatic rings. The van der Waals surface area contributed by atoms with Crippen molar-refractivity contribution in [1.82, 2.24) is 15.1 Å². The Morgan fingerprint density at radius 1 is 1.25 bits per heavy atom. The summed E-state index contributed by atoms with van der Waals surface area (Å²) in [5, 5.41) is 2.91. The van der Waals surface area contributed by atoms with E-state index < -0.39 is 0 Å². The molecule has 1 N–H and O–H groups in total. The number of nitrogens with zero attached hydrogens (tertiary/aromatic N) is 2. The van der Waals surface area contributed by atoms with Crippen molar-refractivity contribution in [3.63, 3.8) is 0 Å². The van der Waals surface area contributed by atoms with E-state index in [0.717, 1.165) is 11.3 Å². The molecule has 0 unspecified atom stereocenters. The van der Waals surface area contributed by atoms with Crippen molar-refractivity contribution < 1.29 is 9.59 Å². The van der Waals surface area contributed by atoms with Gasteiger partial charge in [0.25, 0.3) is 5.91 Å². The lowest BCUT2D eigenvalue weighted by Gasteiger charge is -2.31. The van der Waals surface area contributed by atoms with Crippen molar-refractivity contribution in [3.05, 3.63) is 47.2 Å². The molecule has 2 aliphatic rings. The van der Waals surface area contributed by atoms with Gasteiger partial charge in [-0.05, 0) is 12.5 Å². The monoisotopic (exact) mass is 271 g/mol. The number of carbonyl (C=O) groups excluding carboxylic acids is 2. The molecule has 0 spiro atoms. The molecule has 104 valence electrons. The number of rotatable bonds is 2. The average molecular weight is 271 g/mol. The Hall–Kier alpha value is -2.30. The topological polar surface area (TPSA) is 52.7 Å². The quantitative estimate of drug-likeness (QED) is 0.886. The van der Waals surface area contributed by atoms with Crippen LogP contribution in [0.25, 0.3) is 0 Å². The van der Waals surface area contributed by atoms with Gasteiger partial charge in [-0.2, -0.15) is 0 Å². The van der Waals surface area contributed by atoms with Gasteiger partial charge in [0.1, 0.15) is 0 Å². The highest BCUT2D eigenvalue weighted by molar-refractivity contribution is 6.01. The number of likely N-dealkylation sites (N-methyl/N-ethyl adjacent to an activating group) is 2. The molecule has 5 nitrogen and oxygen atoms in total. The van der Waals surface area contributed by atoms with Crippen LogP contribution in [0.5, 0.6) is 0 Å². The molecular formula is C15H17N3O2. The Morgan fingerprint density at radius 2 is 1.95 bits per heavy atom. The number of benzene rings is 1. The standard InChI is InChI=1S/C15H17N3O2/c1-3-18-9-11-12(14(18)19)13(16-15(20)17(11)2)10-7-5-4-6-8-10/h4-8,13H,3,9H2,1-2H3,(H,16,20)/t13-/m0/s1. The molecule has 0 bridgehead atoms. The molecule has 20 heavy (non-hydrogen) atoms. The van der Waals surface area contributed by atoms with Gasteiger partial charge in [0.05, 0.1) is 23.9 Å². The molecule has 0 radical (unpaired) electrons. The van der Waals surface area contributed by atoms with E-state index in [1.54, 1.807) is 16.8 Å². The van der Waals surface area contributed by atoms with Crippen LogP contribution in [0.3, 0.4) is 0 Å². The maximum atomic E-state index is 12.5. The minimum atomic E-state index is -0.348. The fourth-order valence-corrected chi connectivity index (χ4v) is 2.77. The third-order valence-corrected chi connectivity index (χ3v) is 3.95. The summed E-state index contributed by atoms with van der Waals surface area (Å²) in [5.74, 6) is 0.0169. The molecule has 2 heterocycles. The number of carbonyl (C=O) groups is 2. The van der Waals surface area contributed by atoms with Gasteiger partial charge >= 0.3 is 6.03 Å². The molecule has 0 saturated heterocycles. The summed E-state index contributed by atoms with van der Waals surface area (Å²) in [7, 11) is 1.71. The van der Waals surface area contributed by atoms with Crippen LogP contribution in [0.4, 0.5) is 4.79 Å². The van der Waals surface area contributed by atoms with E-state index in [0.29, 0.717) is 18.7 Å². The summed E-state index contributed by atoms with van der Waals surface area (Å²) in [6.45, 7) is 3.11. The second kappa shape index (κ2) is 4.67. The first-order valence-corrected chi connectivity index (χ1v) is 6.75. The van der Waals surface area contributed by atoms with Gasteiger partial charge in [0, 0.05) is 13.6 Å². The second-order valence-corrected chi connectivity index (χ2v) is 5.03. The molecular weight excluding hydrogens is 254 g/mol. The Bertz CT molecular complexity index is 594. The van der Waals surface area contributed by atoms with Crippen LogP contribution in [-0.4, -0.2) is 41.9 Å². The third-order valence-electron chi connectivity index (χ3n) is 3.95. The first-order valence-electron chi connectivity index (χ1n) is 6.75. The van der Waals surface area contributed by atoms with Crippen molar-refractivity contribution in [1.29, 1.82) is 0 Å². The van der Waals surface area contributed by atoms with Gasteiger partial charge in [-0.25, -0.2) is 4.79 Å². The number of hydrogen-bond donors (Lipinski definition) is 1. The SMILES string of the molecule is CCN1CC2=C(C1=O)[C@H](c1ccccc1)NC(=O)N2C. The summed E-state index contributed by atoms with van der Waals surface area (Å²) < 4.78 is 0. The summed E-state index contributed by atoms with van der Waals surface area (Å²) in [6.07, 6.45) is 0. The summed E-state index contributed by atoms with van der Waals surface area (Å²) in [6, 6.07) is 9.10. The van der Waals surface area contributed by atoms with Crippen molar-refractivity contribution in [2.75, 3.05) is 20.1 Å². The third kappa shape index (κ3) is 1.78. The number of amides is 3. The minimum Gasteiger partial charge on any atom is -0.333 e. The highest BCUT2D eigenvalue weighted by atomic mass is 16.2. The second-order valence-electron chi connectivity index (χ2n) is 5.03. The Morgan fingerprint density at radius 3 is 2.60 bits per heavy atom. The highest BCUT2D eigenvalue weighted by Gasteiger charge is 2.42. The van der Waals surface area contributed by atoms with E-state index in [-0.39, 0.29) is 18.0 Å². The van der Waals surface area contributed by atoms with Crippen LogP contribution >= 0.6 is 0 Å². The molecule has 0 aliphatic carbocycles. The van der Waals surface area contributed by atoms with Gasteiger partial charge in [0.15, 0.2) is 0 Å². The lowest BCUT2D eigenvalue weighted by molar-refractivity contribution is -0.125. The Balaban J connectivity index is 2.07. The maximum absolute atomic E-state index is 12.5. The van der Waals surface area contributed by atoms with E-state index in [1.807, 2.05) is 37.3 Å². The van der Waals surface area contributed by atoms with E-state index in [1.165, 1.54) is 0 Å². The van der Waals surface area contributed by atoms with Crippen LogP contribution < -0.4 is 5.32 Å². The predicted molar refractivity (Wildman–Crippen MR) is 74.8 cm³/mol. The van der Waals surface area contributed by atoms with Crippen LogP contribution in [0.1, 0.15) is 18.5 Å². The van der Waals surface area contributed by atoms with Crippen molar-refractivity contribution in [3.8, 4) is 0 Å². The van der Waals surface area contributed by atoms with E-state index in [9.17, 15) is 9.59 Å². The zero-order valence-electron chi connectivity index (χ0n) is 11.6. The molecule has 5 heteroatoms. The molecule has 0 saturated carbocycles. The largest absolute Gasteiger partial charge is 0.333 e. The van der Waals surface area contributed by atoms with Crippen LogP contribution in [0.15, 0.2) is 41.6 Å². The molecule has 0 fully saturated rings. The summed E-state index contributed by atoms with van der Waals surface area (Å²) in [4.78, 5) is 27.9. The van der Waals surface area contributed by atoms with E-state index in [4.69, 9.17) is 0 Å². The normalized spacial score (nSPS) is 22.2. The zero-order valence-corrected chi connectivity index (χ0v) is 11.6. The lowest BCUT2D eigenvalue weighted by Crippen LogP contribution is -2.45. The van der Waals surface area contributed by atoms with Crippen molar-refractivity contribution in [2.24, 2.45) is 0 Å². The minimum absolute atomic E-state index is 0.0169. The summed E-state index contributed by atoms with van der Waals surface area (Å²) >= 11 is 0. The molecule has 1 atom stereocenters. The van der Waals surface area contributed by atoms with Gasteiger partial charge in [-0.15, -0.1) is 0 Å². The Kier molecular flexibility index (Phi) is 2.97. The molecule has 3 amide bonds. The maximum Gasteiger partial charge on any atom is 0.322 e. The fraction of sp³-hybridized carbons (Fsp3) is 0.333. The first kappa shape index (κ1) is 12.7. The van der Waals surface area contributed by atoms with E-state index in [2.05, 4.69) is 5.32 Å². The first-order chi connectivity index (χ1) is 9.63. The number of hydrogen-bond acceptors (Lipinski definition) is 2. The highest BCUT2D eigenvalue weighted by Crippen LogP contribution is 2.35. The van der Waals surface area contributed by atoms with Gasteiger partial charge in [-0.3, -0.25) is 9.69 Å². The van der Waals surface area contributed by atoms with Crippen molar-refractivity contribution in [2.45, 2.75) is 13.0 Å². The van der Waals surface area contributed by atoms with Crippen LogP contribution in [-0.2, 0) is 4.79 Å². The molecule has 0 aromatic heterocycles. The van der Waals surface area contributed by atoms with Crippen molar-refractivity contribution >= 4 is 11.9 Å². The van der Waals surface area contributed by atoms with Crippen LogP contribution in [0.2, 0.25) is 0 Å². The van der Waals surface area contributed by atoms with E-state index >= 15 is 0 Å². The van der Waals surface area contributed by atoms with Gasteiger partial charge in [0.2, 0.25) is 0 Å². The molecule has 2 aliphatic heterocycles. The smallest absolute Gasteiger partial charge is 0.322 e. The molecule has 3 rings (SSSR count). The lowest BCUT2D eigenvalue weighted by atomic mass is 9.96. The molecule has 1 aromatic carbocycles. The van der Waals surface area contributed by atoms with Crippen LogP contribution in [0, 0.1) is 0 Å².